The smallest absolute Gasteiger partial charge is 0.296 e. The van der Waals surface area contributed by atoms with Gasteiger partial charge in [-0.3, -0.25) is 4.57 Å². The quantitative estimate of drug-likeness (QED) is 0.703. The Labute approximate surface area is 151 Å². The summed E-state index contributed by atoms with van der Waals surface area (Å²) in [6.07, 6.45) is -2.88. The lowest BCUT2D eigenvalue weighted by Crippen LogP contribution is -2.37. The van der Waals surface area contributed by atoms with E-state index in [1.807, 2.05) is 4.90 Å². The molecule has 0 atom stereocenters. The lowest BCUT2D eigenvalue weighted by atomic mass is 10.3. The molecule has 136 valence electrons. The predicted octanol–water partition coefficient (Wildman–Crippen LogP) is 2.95. The van der Waals surface area contributed by atoms with Crippen LogP contribution in [-0.2, 0) is 4.74 Å². The number of rotatable bonds is 3. The molecule has 1 N–H and O–H groups in total. The first-order valence-corrected chi connectivity index (χ1v) is 8.28. The van der Waals surface area contributed by atoms with Gasteiger partial charge < -0.3 is 14.7 Å². The number of fused-ring (bicyclic) bond motifs is 1. The minimum absolute atomic E-state index is 0.0256. The number of ether oxygens (including phenoxy) is 1. The number of aromatic hydroxyl groups is 1. The SMILES string of the molecule is Oc1cccc2c1nc(C(F)F)n2-c1nc(Cl)cc(N2CCOCC2)n1. The molecule has 1 fully saturated rings. The van der Waals surface area contributed by atoms with Gasteiger partial charge in [-0.15, -0.1) is 0 Å². The third-order valence-electron chi connectivity index (χ3n) is 4.09. The Balaban J connectivity index is 1.91. The zero-order chi connectivity index (χ0) is 18.3. The molecule has 3 aromatic rings. The van der Waals surface area contributed by atoms with E-state index in [0.29, 0.717) is 32.1 Å². The van der Waals surface area contributed by atoms with Crippen molar-refractivity contribution >= 4 is 28.5 Å². The van der Waals surface area contributed by atoms with Gasteiger partial charge in [-0.1, -0.05) is 17.7 Å². The predicted molar refractivity (Wildman–Crippen MR) is 91.3 cm³/mol. The number of alkyl halides is 2. The molecule has 2 aromatic heterocycles. The fourth-order valence-electron chi connectivity index (χ4n) is 2.91. The van der Waals surface area contributed by atoms with E-state index in [1.54, 1.807) is 18.2 Å². The van der Waals surface area contributed by atoms with E-state index in [9.17, 15) is 13.9 Å². The van der Waals surface area contributed by atoms with Crippen LogP contribution in [0.15, 0.2) is 24.3 Å². The minimum atomic E-state index is -2.88. The van der Waals surface area contributed by atoms with E-state index in [0.717, 1.165) is 4.57 Å². The van der Waals surface area contributed by atoms with Crippen molar-refractivity contribution in [3.63, 3.8) is 0 Å². The highest BCUT2D eigenvalue weighted by Crippen LogP contribution is 2.32. The maximum Gasteiger partial charge on any atom is 0.296 e. The molecule has 10 heteroatoms. The number of phenols is 1. The molecule has 1 saturated heterocycles. The molecule has 1 aromatic carbocycles. The van der Waals surface area contributed by atoms with Gasteiger partial charge in [0.2, 0.25) is 5.95 Å². The van der Waals surface area contributed by atoms with Crippen molar-refractivity contribution in [3.05, 3.63) is 35.2 Å². The molecule has 3 heterocycles. The number of aromatic nitrogens is 4. The molecule has 0 saturated carbocycles. The molecule has 0 radical (unpaired) electrons. The van der Waals surface area contributed by atoms with E-state index in [2.05, 4.69) is 15.0 Å². The molecule has 0 aliphatic carbocycles. The van der Waals surface area contributed by atoms with Crippen LogP contribution in [0.25, 0.3) is 17.0 Å². The number of phenolic OH excluding ortho intramolecular Hbond substituents is 1. The van der Waals surface area contributed by atoms with E-state index < -0.39 is 12.2 Å². The second-order valence-corrected chi connectivity index (χ2v) is 6.09. The third kappa shape index (κ3) is 2.93. The Morgan fingerprint density at radius 2 is 1.92 bits per heavy atom. The lowest BCUT2D eigenvalue weighted by Gasteiger charge is -2.28. The van der Waals surface area contributed by atoms with Crippen molar-refractivity contribution in [2.75, 3.05) is 31.2 Å². The zero-order valence-electron chi connectivity index (χ0n) is 13.4. The largest absolute Gasteiger partial charge is 0.506 e. The summed E-state index contributed by atoms with van der Waals surface area (Å²) >= 11 is 6.12. The van der Waals surface area contributed by atoms with Gasteiger partial charge in [0.25, 0.3) is 6.43 Å². The number of hydrogen-bond acceptors (Lipinski definition) is 6. The van der Waals surface area contributed by atoms with Gasteiger partial charge in [-0.2, -0.15) is 4.98 Å². The summed E-state index contributed by atoms with van der Waals surface area (Å²) in [5.41, 5.74) is 0.329. The summed E-state index contributed by atoms with van der Waals surface area (Å²) in [5.74, 6) is -0.261. The van der Waals surface area contributed by atoms with Crippen LogP contribution in [0.5, 0.6) is 5.75 Å². The first kappa shape index (κ1) is 16.9. The molecular formula is C16H14ClF2N5O2. The average molecular weight is 382 g/mol. The number of nitrogens with zero attached hydrogens (tertiary/aromatic N) is 5. The molecule has 26 heavy (non-hydrogen) atoms. The zero-order valence-corrected chi connectivity index (χ0v) is 14.2. The van der Waals surface area contributed by atoms with Gasteiger partial charge in [0.1, 0.15) is 22.2 Å². The second kappa shape index (κ2) is 6.65. The second-order valence-electron chi connectivity index (χ2n) is 5.70. The monoisotopic (exact) mass is 381 g/mol. The Kier molecular flexibility index (Phi) is 4.33. The first-order valence-electron chi connectivity index (χ1n) is 7.90. The molecule has 7 nitrogen and oxygen atoms in total. The first-order chi connectivity index (χ1) is 12.5. The molecule has 0 spiro atoms. The van der Waals surface area contributed by atoms with Crippen LogP contribution in [-0.4, -0.2) is 50.9 Å². The van der Waals surface area contributed by atoms with Crippen molar-refractivity contribution in [2.45, 2.75) is 6.43 Å². The number of morpholine rings is 1. The molecule has 0 amide bonds. The van der Waals surface area contributed by atoms with Crippen LogP contribution >= 0.6 is 11.6 Å². The Morgan fingerprint density at radius 1 is 1.15 bits per heavy atom. The van der Waals surface area contributed by atoms with E-state index in [4.69, 9.17) is 16.3 Å². The topological polar surface area (TPSA) is 76.3 Å². The average Bonchev–Trinajstić information content (AvgIpc) is 3.03. The minimum Gasteiger partial charge on any atom is -0.506 e. The number of imidazole rings is 1. The lowest BCUT2D eigenvalue weighted by molar-refractivity contribution is 0.122. The Hall–Kier alpha value is -2.52. The van der Waals surface area contributed by atoms with Gasteiger partial charge in [0, 0.05) is 19.2 Å². The summed E-state index contributed by atoms with van der Waals surface area (Å²) in [6.45, 7) is 2.31. The van der Waals surface area contributed by atoms with Crippen molar-refractivity contribution in [2.24, 2.45) is 0 Å². The van der Waals surface area contributed by atoms with Crippen LogP contribution in [0.3, 0.4) is 0 Å². The molecule has 1 aliphatic rings. The van der Waals surface area contributed by atoms with E-state index in [1.165, 1.54) is 6.07 Å². The van der Waals surface area contributed by atoms with Gasteiger partial charge in [0.15, 0.2) is 5.82 Å². The summed E-state index contributed by atoms with van der Waals surface area (Å²) in [6, 6.07) is 6.06. The normalized spacial score (nSPS) is 15.2. The van der Waals surface area contributed by atoms with Crippen molar-refractivity contribution in [1.29, 1.82) is 0 Å². The molecule has 0 unspecified atom stereocenters. The number of para-hydroxylation sites is 1. The van der Waals surface area contributed by atoms with Crippen LogP contribution in [0.2, 0.25) is 5.15 Å². The van der Waals surface area contributed by atoms with Crippen LogP contribution in [0.4, 0.5) is 14.6 Å². The number of hydrogen-bond donors (Lipinski definition) is 1. The van der Waals surface area contributed by atoms with E-state index in [-0.39, 0.29) is 27.9 Å². The van der Waals surface area contributed by atoms with Crippen molar-refractivity contribution < 1.29 is 18.6 Å². The fraction of sp³-hybridized carbons (Fsp3) is 0.312. The van der Waals surface area contributed by atoms with Crippen LogP contribution in [0, 0.1) is 0 Å². The summed E-state index contributed by atoms with van der Waals surface area (Å²) in [5, 5.41) is 10.1. The number of halogens is 3. The van der Waals surface area contributed by atoms with Crippen LogP contribution < -0.4 is 4.90 Å². The van der Waals surface area contributed by atoms with Crippen molar-refractivity contribution in [1.82, 2.24) is 19.5 Å². The maximum atomic E-state index is 13.6. The number of anilines is 1. The molecule has 1 aliphatic heterocycles. The van der Waals surface area contributed by atoms with Gasteiger partial charge >= 0.3 is 0 Å². The summed E-state index contributed by atoms with van der Waals surface area (Å²) in [7, 11) is 0. The van der Waals surface area contributed by atoms with Crippen molar-refractivity contribution in [3.8, 4) is 11.7 Å². The standard InChI is InChI=1S/C16H14ClF2N5O2/c17-11-8-12(23-4-6-26-7-5-23)21-16(20-11)24-9-2-1-3-10(25)13(9)22-15(24)14(18)19/h1-3,8,14,25H,4-7H2. The third-order valence-corrected chi connectivity index (χ3v) is 4.28. The summed E-state index contributed by atoms with van der Waals surface area (Å²) < 4.78 is 33.6. The fourth-order valence-corrected chi connectivity index (χ4v) is 3.08. The highest BCUT2D eigenvalue weighted by Gasteiger charge is 2.24. The highest BCUT2D eigenvalue weighted by molar-refractivity contribution is 6.29. The maximum absolute atomic E-state index is 13.6. The van der Waals surface area contributed by atoms with E-state index >= 15 is 0 Å². The van der Waals surface area contributed by atoms with Crippen LogP contribution in [0.1, 0.15) is 12.2 Å². The Morgan fingerprint density at radius 3 is 2.65 bits per heavy atom. The highest BCUT2D eigenvalue weighted by atomic mass is 35.5. The molecule has 4 rings (SSSR count). The van der Waals surface area contributed by atoms with Gasteiger partial charge in [-0.25, -0.2) is 18.7 Å². The molecule has 0 bridgehead atoms. The molecular weight excluding hydrogens is 368 g/mol. The number of benzene rings is 1. The summed E-state index contributed by atoms with van der Waals surface area (Å²) in [4.78, 5) is 14.3. The van der Waals surface area contributed by atoms with Gasteiger partial charge in [0.05, 0.1) is 18.7 Å². The Bertz CT molecular complexity index is 959. The van der Waals surface area contributed by atoms with Gasteiger partial charge in [-0.05, 0) is 12.1 Å².